The molecule has 0 radical (unpaired) electrons. The summed E-state index contributed by atoms with van der Waals surface area (Å²) in [6, 6.07) is 0. The minimum atomic E-state index is -0.191. The summed E-state index contributed by atoms with van der Waals surface area (Å²) in [6.45, 7) is 5.53. The maximum atomic E-state index is 11.3. The molecule has 0 aromatic heterocycles. The van der Waals surface area contributed by atoms with Gasteiger partial charge in [-0.15, -0.1) is 0 Å². The summed E-state index contributed by atoms with van der Waals surface area (Å²) in [5.74, 6) is 0.215. The zero-order valence-electron chi connectivity index (χ0n) is 8.71. The first kappa shape index (κ1) is 10.5. The lowest BCUT2D eigenvalue weighted by Gasteiger charge is -2.27. The van der Waals surface area contributed by atoms with Crippen molar-refractivity contribution < 1.29 is 4.79 Å². The molecule has 1 aliphatic rings. The Morgan fingerprint density at radius 1 is 1.54 bits per heavy atom. The van der Waals surface area contributed by atoms with Crippen molar-refractivity contribution >= 4 is 5.91 Å². The van der Waals surface area contributed by atoms with Crippen molar-refractivity contribution in [1.82, 2.24) is 10.0 Å². The Kier molecular flexibility index (Phi) is 2.93. The van der Waals surface area contributed by atoms with Crippen LogP contribution in [0.1, 0.15) is 26.7 Å². The third-order valence-corrected chi connectivity index (χ3v) is 2.32. The largest absolute Gasteiger partial charge is 0.325 e. The van der Waals surface area contributed by atoms with Gasteiger partial charge in [0.1, 0.15) is 0 Å². The van der Waals surface area contributed by atoms with Gasteiger partial charge >= 0.3 is 0 Å². The second-order valence-corrected chi connectivity index (χ2v) is 4.39. The third kappa shape index (κ3) is 2.97. The molecular formula is C9H19N3O. The Hall–Kier alpha value is -0.610. The van der Waals surface area contributed by atoms with Gasteiger partial charge in [0.05, 0.1) is 0 Å². The average molecular weight is 185 g/mol. The molecule has 0 unspecified atom stereocenters. The lowest BCUT2D eigenvalue weighted by molar-refractivity contribution is -0.136. The van der Waals surface area contributed by atoms with Crippen LogP contribution in [0.15, 0.2) is 0 Å². The number of hydrogen-bond acceptors (Lipinski definition) is 3. The van der Waals surface area contributed by atoms with Gasteiger partial charge in [0.2, 0.25) is 5.91 Å². The van der Waals surface area contributed by atoms with E-state index in [4.69, 9.17) is 5.73 Å². The molecule has 0 bridgehead atoms. The van der Waals surface area contributed by atoms with Crippen LogP contribution in [-0.4, -0.2) is 41.6 Å². The molecule has 0 saturated carbocycles. The van der Waals surface area contributed by atoms with Crippen LogP contribution in [0.4, 0.5) is 0 Å². The summed E-state index contributed by atoms with van der Waals surface area (Å²) in [5.41, 5.74) is 5.66. The van der Waals surface area contributed by atoms with Crippen LogP contribution in [0.5, 0.6) is 0 Å². The topological polar surface area (TPSA) is 49.6 Å². The van der Waals surface area contributed by atoms with Crippen molar-refractivity contribution in [3.05, 3.63) is 0 Å². The van der Waals surface area contributed by atoms with Gasteiger partial charge in [-0.25, -0.2) is 5.01 Å². The molecule has 76 valence electrons. The molecule has 1 heterocycles. The Bertz CT molecular complexity index is 198. The standard InChI is InChI=1S/C9H19N3O/c1-9(2,10)5-7-12-8(13)4-6-11(12)3/h4-7,10H2,1-3H3. The Labute approximate surface area is 79.6 Å². The first-order valence-electron chi connectivity index (χ1n) is 4.70. The summed E-state index contributed by atoms with van der Waals surface area (Å²) in [5, 5.41) is 3.75. The van der Waals surface area contributed by atoms with E-state index in [9.17, 15) is 4.79 Å². The van der Waals surface area contributed by atoms with Crippen molar-refractivity contribution in [2.24, 2.45) is 5.73 Å². The van der Waals surface area contributed by atoms with E-state index in [1.165, 1.54) is 0 Å². The third-order valence-electron chi connectivity index (χ3n) is 2.32. The fourth-order valence-corrected chi connectivity index (χ4v) is 1.39. The van der Waals surface area contributed by atoms with Crippen LogP contribution in [0.2, 0.25) is 0 Å². The minimum absolute atomic E-state index is 0.191. The van der Waals surface area contributed by atoms with Gasteiger partial charge in [-0.2, -0.15) is 0 Å². The second kappa shape index (κ2) is 3.64. The molecule has 0 aromatic carbocycles. The monoisotopic (exact) mass is 185 g/mol. The van der Waals surface area contributed by atoms with Crippen molar-refractivity contribution in [2.75, 3.05) is 20.1 Å². The highest BCUT2D eigenvalue weighted by atomic mass is 16.2. The molecular weight excluding hydrogens is 166 g/mol. The van der Waals surface area contributed by atoms with Crippen LogP contribution in [0.3, 0.4) is 0 Å². The molecule has 0 aliphatic carbocycles. The number of hydrazine groups is 1. The summed E-state index contributed by atoms with van der Waals surface area (Å²) in [4.78, 5) is 11.3. The fourth-order valence-electron chi connectivity index (χ4n) is 1.39. The van der Waals surface area contributed by atoms with Gasteiger partial charge < -0.3 is 5.73 Å². The van der Waals surface area contributed by atoms with E-state index in [0.29, 0.717) is 6.42 Å². The lowest BCUT2D eigenvalue weighted by Crippen LogP contribution is -2.42. The minimum Gasteiger partial charge on any atom is -0.325 e. The lowest BCUT2D eigenvalue weighted by atomic mass is 10.0. The van der Waals surface area contributed by atoms with E-state index in [0.717, 1.165) is 19.5 Å². The predicted octanol–water partition coefficient (Wildman–Crippen LogP) is 0.193. The molecule has 1 fully saturated rings. The van der Waals surface area contributed by atoms with Gasteiger partial charge in [-0.1, -0.05) is 0 Å². The van der Waals surface area contributed by atoms with Crippen molar-refractivity contribution in [1.29, 1.82) is 0 Å². The molecule has 0 atom stereocenters. The quantitative estimate of drug-likeness (QED) is 0.683. The number of nitrogens with two attached hydrogens (primary N) is 1. The molecule has 4 heteroatoms. The van der Waals surface area contributed by atoms with E-state index in [1.54, 1.807) is 5.01 Å². The van der Waals surface area contributed by atoms with E-state index < -0.39 is 0 Å². The van der Waals surface area contributed by atoms with Crippen LogP contribution >= 0.6 is 0 Å². The molecule has 4 nitrogen and oxygen atoms in total. The summed E-state index contributed by atoms with van der Waals surface area (Å²) in [7, 11) is 1.94. The highest BCUT2D eigenvalue weighted by molar-refractivity contribution is 5.77. The van der Waals surface area contributed by atoms with Crippen molar-refractivity contribution in [3.63, 3.8) is 0 Å². The first-order chi connectivity index (χ1) is 5.90. The maximum Gasteiger partial charge on any atom is 0.238 e. The van der Waals surface area contributed by atoms with Gasteiger partial charge in [0.25, 0.3) is 0 Å². The van der Waals surface area contributed by atoms with Crippen LogP contribution in [0, 0.1) is 0 Å². The SMILES string of the molecule is CN1CCC(=O)N1CCC(C)(C)N. The first-order valence-corrected chi connectivity index (χ1v) is 4.70. The highest BCUT2D eigenvalue weighted by Crippen LogP contribution is 2.12. The number of nitrogens with zero attached hydrogens (tertiary/aromatic N) is 2. The summed E-state index contributed by atoms with van der Waals surface area (Å²) >= 11 is 0. The molecule has 1 aliphatic heterocycles. The number of carbonyl (C=O) groups is 1. The Balaban J connectivity index is 2.40. The summed E-state index contributed by atoms with van der Waals surface area (Å²) in [6.07, 6.45) is 1.48. The van der Waals surface area contributed by atoms with Gasteiger partial charge in [0, 0.05) is 32.1 Å². The molecule has 0 aromatic rings. The maximum absolute atomic E-state index is 11.3. The summed E-state index contributed by atoms with van der Waals surface area (Å²) < 4.78 is 0. The molecule has 0 spiro atoms. The van der Waals surface area contributed by atoms with Crippen molar-refractivity contribution in [2.45, 2.75) is 32.2 Å². The number of rotatable bonds is 3. The predicted molar refractivity (Wildman–Crippen MR) is 51.8 cm³/mol. The van der Waals surface area contributed by atoms with E-state index in [1.807, 2.05) is 25.9 Å². The van der Waals surface area contributed by atoms with E-state index in [-0.39, 0.29) is 11.4 Å². The zero-order valence-corrected chi connectivity index (χ0v) is 8.71. The normalized spacial score (nSPS) is 20.0. The van der Waals surface area contributed by atoms with Crippen LogP contribution in [-0.2, 0) is 4.79 Å². The van der Waals surface area contributed by atoms with Crippen molar-refractivity contribution in [3.8, 4) is 0 Å². The molecule has 1 amide bonds. The van der Waals surface area contributed by atoms with Gasteiger partial charge in [-0.05, 0) is 20.3 Å². The highest BCUT2D eigenvalue weighted by Gasteiger charge is 2.26. The molecule has 1 saturated heterocycles. The molecule has 1 rings (SSSR count). The fraction of sp³-hybridized carbons (Fsp3) is 0.889. The van der Waals surface area contributed by atoms with Gasteiger partial charge in [0.15, 0.2) is 0 Å². The Morgan fingerprint density at radius 3 is 2.54 bits per heavy atom. The average Bonchev–Trinajstić information content (AvgIpc) is 2.27. The Morgan fingerprint density at radius 2 is 2.15 bits per heavy atom. The second-order valence-electron chi connectivity index (χ2n) is 4.39. The van der Waals surface area contributed by atoms with Gasteiger partial charge in [-0.3, -0.25) is 9.80 Å². The number of hydrogen-bond donors (Lipinski definition) is 1. The van der Waals surface area contributed by atoms with Crippen LogP contribution in [0.25, 0.3) is 0 Å². The molecule has 13 heavy (non-hydrogen) atoms. The number of amides is 1. The molecule has 2 N–H and O–H groups in total. The van der Waals surface area contributed by atoms with Crippen LogP contribution < -0.4 is 5.73 Å². The van der Waals surface area contributed by atoms with E-state index in [2.05, 4.69) is 0 Å². The zero-order chi connectivity index (χ0) is 10.1. The smallest absolute Gasteiger partial charge is 0.238 e. The van der Waals surface area contributed by atoms with E-state index >= 15 is 0 Å². The number of carbonyl (C=O) groups excluding carboxylic acids is 1.